The predicted octanol–water partition coefficient (Wildman–Crippen LogP) is -0.135. The lowest BCUT2D eigenvalue weighted by atomic mass is 9.97. The number of hydrogen-bond acceptors (Lipinski definition) is 8. The average Bonchev–Trinajstić information content (AvgIpc) is 2.77. The van der Waals surface area contributed by atoms with E-state index in [1.54, 1.807) is 24.3 Å². The Balaban J connectivity index is 1.86. The summed E-state index contributed by atoms with van der Waals surface area (Å²) in [6, 6.07) is 6.11. The van der Waals surface area contributed by atoms with Gasteiger partial charge in [-0.1, -0.05) is 18.6 Å². The van der Waals surface area contributed by atoms with E-state index in [0.29, 0.717) is 12.1 Å². The lowest BCUT2D eigenvalue weighted by Crippen LogP contribution is -2.64. The summed E-state index contributed by atoms with van der Waals surface area (Å²) in [7, 11) is 1.91. The molecule has 32 heavy (non-hydrogen) atoms. The third-order valence-electron chi connectivity index (χ3n) is 5.23. The van der Waals surface area contributed by atoms with Gasteiger partial charge in [0.1, 0.15) is 24.4 Å². The van der Waals surface area contributed by atoms with E-state index in [1.165, 1.54) is 6.92 Å². The molecule has 6 N–H and O–H groups in total. The van der Waals surface area contributed by atoms with Crippen molar-refractivity contribution in [2.75, 3.05) is 25.5 Å². The summed E-state index contributed by atoms with van der Waals surface area (Å²) in [5, 5.41) is 38.2. The van der Waals surface area contributed by atoms with Crippen LogP contribution >= 0.6 is 0 Å². The average molecular weight is 454 g/mol. The number of aliphatic hydroxyl groups is 3. The number of carbonyl (C=O) groups is 2. The van der Waals surface area contributed by atoms with E-state index in [2.05, 4.69) is 16.0 Å². The molecule has 0 saturated carbocycles. The molecule has 0 bridgehead atoms. The van der Waals surface area contributed by atoms with E-state index in [1.807, 2.05) is 7.05 Å². The van der Waals surface area contributed by atoms with Crippen LogP contribution < -0.4 is 16.0 Å². The van der Waals surface area contributed by atoms with Gasteiger partial charge >= 0.3 is 0 Å². The number of nitrogens with one attached hydrogen (secondary N) is 3. The first-order valence-corrected chi connectivity index (χ1v) is 10.9. The minimum absolute atomic E-state index is 0.0326. The summed E-state index contributed by atoms with van der Waals surface area (Å²) in [5.74, 6) is -0.446. The summed E-state index contributed by atoms with van der Waals surface area (Å²) < 4.78 is 11.3. The molecule has 5 atom stereocenters. The first-order chi connectivity index (χ1) is 15.3. The lowest BCUT2D eigenvalue weighted by molar-refractivity contribution is -0.273. The molecule has 1 saturated heterocycles. The number of anilines is 1. The molecule has 2 amide bonds. The second-order valence-corrected chi connectivity index (χ2v) is 7.90. The maximum atomic E-state index is 12.0. The van der Waals surface area contributed by atoms with Crippen molar-refractivity contribution in [3.8, 4) is 0 Å². The smallest absolute Gasteiger partial charge is 0.224 e. The van der Waals surface area contributed by atoms with Crippen LogP contribution in [0.5, 0.6) is 0 Å². The Morgan fingerprint density at radius 3 is 2.44 bits per heavy atom. The van der Waals surface area contributed by atoms with Crippen LogP contribution in [0.4, 0.5) is 5.69 Å². The zero-order valence-electron chi connectivity index (χ0n) is 18.6. The largest absolute Gasteiger partial charge is 0.394 e. The molecule has 1 fully saturated rings. The van der Waals surface area contributed by atoms with Crippen molar-refractivity contribution in [1.82, 2.24) is 10.6 Å². The topological polar surface area (TPSA) is 149 Å². The zero-order chi connectivity index (χ0) is 23.5. The number of benzene rings is 1. The van der Waals surface area contributed by atoms with Crippen molar-refractivity contribution in [1.29, 1.82) is 0 Å². The number of hydrogen-bond donors (Lipinski definition) is 6. The van der Waals surface area contributed by atoms with Gasteiger partial charge in [-0.2, -0.15) is 0 Å². The predicted molar refractivity (Wildman–Crippen MR) is 118 cm³/mol. The molecule has 2 unspecified atom stereocenters. The molecular formula is C22H35N3O7. The highest BCUT2D eigenvalue weighted by Crippen LogP contribution is 2.23. The van der Waals surface area contributed by atoms with E-state index >= 15 is 0 Å². The van der Waals surface area contributed by atoms with Gasteiger partial charge < -0.3 is 40.7 Å². The number of carbonyl (C=O) groups excluding carboxylic acids is 2. The Morgan fingerprint density at radius 1 is 1.09 bits per heavy atom. The van der Waals surface area contributed by atoms with Gasteiger partial charge in [0.25, 0.3) is 0 Å². The molecule has 180 valence electrons. The van der Waals surface area contributed by atoms with Crippen molar-refractivity contribution >= 4 is 17.5 Å². The molecule has 0 aliphatic carbocycles. The SMILES string of the molecule is CNCCCCCC(=O)Nc1ccc(CO[C@@H]2OC(CO)[C@@H](O)[C@H](O)C2NC(C)=O)cc1. The fourth-order valence-corrected chi connectivity index (χ4v) is 3.46. The highest BCUT2D eigenvalue weighted by atomic mass is 16.7. The highest BCUT2D eigenvalue weighted by Gasteiger charge is 2.45. The molecule has 10 heteroatoms. The van der Waals surface area contributed by atoms with Gasteiger partial charge in [-0.3, -0.25) is 9.59 Å². The van der Waals surface area contributed by atoms with Gasteiger partial charge in [0.15, 0.2) is 6.29 Å². The number of ether oxygens (including phenoxy) is 2. The molecule has 0 spiro atoms. The summed E-state index contributed by atoms with van der Waals surface area (Å²) in [4.78, 5) is 23.5. The summed E-state index contributed by atoms with van der Waals surface area (Å²) in [6.07, 6.45) is -1.46. The van der Waals surface area contributed by atoms with Crippen LogP contribution in [0, 0.1) is 0 Å². The van der Waals surface area contributed by atoms with E-state index < -0.39 is 43.2 Å². The third-order valence-corrected chi connectivity index (χ3v) is 5.23. The fourth-order valence-electron chi connectivity index (χ4n) is 3.46. The van der Waals surface area contributed by atoms with Crippen LogP contribution in [0.15, 0.2) is 24.3 Å². The lowest BCUT2D eigenvalue weighted by Gasteiger charge is -2.42. The molecule has 1 aliphatic heterocycles. The van der Waals surface area contributed by atoms with Crippen LogP contribution in [-0.2, 0) is 25.7 Å². The monoisotopic (exact) mass is 453 g/mol. The Kier molecular flexibility index (Phi) is 11.0. The number of amides is 2. The van der Waals surface area contributed by atoms with Crippen LogP contribution in [0.1, 0.15) is 38.2 Å². The number of aliphatic hydroxyl groups excluding tert-OH is 3. The summed E-state index contributed by atoms with van der Waals surface area (Å²) >= 11 is 0. The standard InChI is InChI=1S/C22H35N3O7/c1-14(27)24-19-21(30)20(29)17(12-26)32-22(19)31-13-15-7-9-16(10-8-15)25-18(28)6-4-3-5-11-23-2/h7-10,17,19-23,26,29-30H,3-6,11-13H2,1-2H3,(H,24,27)(H,25,28)/t17?,19?,20-,21-,22-/m1/s1. The third kappa shape index (κ3) is 8.12. The molecule has 1 heterocycles. The van der Waals surface area contributed by atoms with Gasteiger partial charge in [0, 0.05) is 19.0 Å². The first kappa shape index (κ1) is 26.2. The Hall–Kier alpha value is -2.08. The van der Waals surface area contributed by atoms with Crippen molar-refractivity contribution in [3.05, 3.63) is 29.8 Å². The molecule has 2 rings (SSSR count). The van der Waals surface area contributed by atoms with E-state index in [0.717, 1.165) is 31.4 Å². The van der Waals surface area contributed by atoms with Crippen molar-refractivity contribution in [3.63, 3.8) is 0 Å². The highest BCUT2D eigenvalue weighted by molar-refractivity contribution is 5.90. The minimum atomic E-state index is -1.36. The normalized spacial score (nSPS) is 25.3. The van der Waals surface area contributed by atoms with E-state index in [4.69, 9.17) is 9.47 Å². The van der Waals surface area contributed by atoms with Crippen LogP contribution in [0.3, 0.4) is 0 Å². The Bertz CT molecular complexity index is 716. The molecule has 1 aromatic rings. The Labute approximate surface area is 188 Å². The van der Waals surface area contributed by atoms with Gasteiger partial charge in [0.2, 0.25) is 11.8 Å². The van der Waals surface area contributed by atoms with Crippen molar-refractivity contribution in [2.45, 2.75) is 69.9 Å². The van der Waals surface area contributed by atoms with E-state index in [9.17, 15) is 24.9 Å². The van der Waals surface area contributed by atoms with Gasteiger partial charge in [-0.15, -0.1) is 0 Å². The van der Waals surface area contributed by atoms with Crippen LogP contribution in [0.25, 0.3) is 0 Å². The second-order valence-electron chi connectivity index (χ2n) is 7.90. The van der Waals surface area contributed by atoms with E-state index in [-0.39, 0.29) is 12.5 Å². The molecule has 0 radical (unpaired) electrons. The minimum Gasteiger partial charge on any atom is -0.394 e. The second kappa shape index (κ2) is 13.5. The van der Waals surface area contributed by atoms with Crippen LogP contribution in [0.2, 0.25) is 0 Å². The molecular weight excluding hydrogens is 418 g/mol. The summed E-state index contributed by atoms with van der Waals surface area (Å²) in [5.41, 5.74) is 1.46. The quantitative estimate of drug-likeness (QED) is 0.240. The van der Waals surface area contributed by atoms with Crippen LogP contribution in [-0.4, -0.2) is 78.0 Å². The summed E-state index contributed by atoms with van der Waals surface area (Å²) in [6.45, 7) is 1.82. The van der Waals surface area contributed by atoms with Gasteiger partial charge in [-0.25, -0.2) is 0 Å². The maximum Gasteiger partial charge on any atom is 0.224 e. The van der Waals surface area contributed by atoms with Gasteiger partial charge in [0.05, 0.1) is 13.2 Å². The van der Waals surface area contributed by atoms with Crippen molar-refractivity contribution in [2.24, 2.45) is 0 Å². The molecule has 10 nitrogen and oxygen atoms in total. The first-order valence-electron chi connectivity index (χ1n) is 10.9. The number of rotatable bonds is 12. The molecule has 1 aliphatic rings. The number of unbranched alkanes of at least 4 members (excludes halogenated alkanes) is 2. The fraction of sp³-hybridized carbons (Fsp3) is 0.636. The molecule has 0 aromatic heterocycles. The molecule has 1 aromatic carbocycles. The Morgan fingerprint density at radius 2 is 1.81 bits per heavy atom. The maximum absolute atomic E-state index is 12.0. The zero-order valence-corrected chi connectivity index (χ0v) is 18.6. The van der Waals surface area contributed by atoms with Gasteiger partial charge in [-0.05, 0) is 44.1 Å². The van der Waals surface area contributed by atoms with Crippen molar-refractivity contribution < 1.29 is 34.4 Å².